The van der Waals surface area contributed by atoms with Crippen molar-refractivity contribution < 1.29 is 13.5 Å². The van der Waals surface area contributed by atoms with Gasteiger partial charge in [0.25, 0.3) is 10.0 Å². The summed E-state index contributed by atoms with van der Waals surface area (Å²) < 4.78 is 27.3. The van der Waals surface area contributed by atoms with Crippen molar-refractivity contribution in [2.75, 3.05) is 4.72 Å². The van der Waals surface area contributed by atoms with Crippen LogP contribution in [-0.4, -0.2) is 18.5 Å². The second kappa shape index (κ2) is 6.24. The van der Waals surface area contributed by atoms with E-state index in [0.29, 0.717) is 16.9 Å². The first-order valence-electron chi connectivity index (χ1n) is 6.65. The van der Waals surface area contributed by atoms with Crippen molar-refractivity contribution in [2.45, 2.75) is 31.8 Å². The number of hydrogen-bond acceptors (Lipinski definition) is 4. The highest BCUT2D eigenvalue weighted by Crippen LogP contribution is 2.21. The molecule has 2 aromatic rings. The number of sulfonamides is 1. The molecule has 1 heterocycles. The molecule has 21 heavy (non-hydrogen) atoms. The molecule has 0 bridgehead atoms. The number of rotatable bonds is 5. The highest BCUT2D eigenvalue weighted by atomic mass is 32.2. The first-order valence-corrected chi connectivity index (χ1v) is 8.13. The molecule has 112 valence electrons. The third-order valence-corrected chi connectivity index (χ3v) is 4.65. The van der Waals surface area contributed by atoms with Gasteiger partial charge in [-0.3, -0.25) is 9.71 Å². The lowest BCUT2D eigenvalue weighted by atomic mass is 10.1. The largest absolute Gasteiger partial charge is 0.392 e. The zero-order valence-electron chi connectivity index (χ0n) is 12.0. The number of nitrogens with one attached hydrogen (secondary N) is 1. The lowest BCUT2D eigenvalue weighted by Gasteiger charge is -2.12. The Bertz CT molecular complexity index is 742. The minimum atomic E-state index is -3.69. The van der Waals surface area contributed by atoms with Crippen LogP contribution in [0.25, 0.3) is 0 Å². The van der Waals surface area contributed by atoms with Gasteiger partial charge in [0.05, 0.1) is 22.9 Å². The second-order valence-electron chi connectivity index (χ2n) is 4.68. The van der Waals surface area contributed by atoms with Crippen LogP contribution in [0, 0.1) is 6.92 Å². The van der Waals surface area contributed by atoms with E-state index in [2.05, 4.69) is 9.71 Å². The Kier molecular flexibility index (Phi) is 4.59. The van der Waals surface area contributed by atoms with E-state index in [-0.39, 0.29) is 11.5 Å². The van der Waals surface area contributed by atoms with Gasteiger partial charge in [0.1, 0.15) is 0 Å². The highest BCUT2D eigenvalue weighted by molar-refractivity contribution is 7.92. The summed E-state index contributed by atoms with van der Waals surface area (Å²) in [5.41, 5.74) is 2.62. The van der Waals surface area contributed by atoms with Gasteiger partial charge in [-0.05, 0) is 48.7 Å². The Morgan fingerprint density at radius 1 is 1.24 bits per heavy atom. The van der Waals surface area contributed by atoms with E-state index in [0.717, 1.165) is 12.0 Å². The van der Waals surface area contributed by atoms with Crippen LogP contribution < -0.4 is 4.72 Å². The van der Waals surface area contributed by atoms with Crippen molar-refractivity contribution in [2.24, 2.45) is 0 Å². The Hall–Kier alpha value is -1.92. The van der Waals surface area contributed by atoms with Crippen molar-refractivity contribution in [3.63, 3.8) is 0 Å². The summed E-state index contributed by atoms with van der Waals surface area (Å²) in [6, 6.07) is 8.12. The van der Waals surface area contributed by atoms with Gasteiger partial charge in [-0.15, -0.1) is 0 Å². The van der Waals surface area contributed by atoms with E-state index in [1.54, 1.807) is 37.4 Å². The van der Waals surface area contributed by atoms with E-state index < -0.39 is 10.0 Å². The van der Waals surface area contributed by atoms with Crippen molar-refractivity contribution in [1.29, 1.82) is 0 Å². The van der Waals surface area contributed by atoms with Crippen LogP contribution in [0.4, 0.5) is 5.69 Å². The fourth-order valence-corrected chi connectivity index (χ4v) is 3.23. The summed E-state index contributed by atoms with van der Waals surface area (Å²) in [7, 11) is -3.69. The van der Waals surface area contributed by atoms with Gasteiger partial charge in [0.15, 0.2) is 0 Å². The van der Waals surface area contributed by atoms with E-state index in [1.807, 2.05) is 6.92 Å². The van der Waals surface area contributed by atoms with Crippen LogP contribution in [0.1, 0.15) is 23.7 Å². The number of aliphatic hydroxyl groups is 1. The third kappa shape index (κ3) is 3.40. The van der Waals surface area contributed by atoms with Crippen LogP contribution in [-0.2, 0) is 23.1 Å². The molecule has 0 unspecified atom stereocenters. The minimum Gasteiger partial charge on any atom is -0.392 e. The second-order valence-corrected chi connectivity index (χ2v) is 6.37. The molecule has 0 spiro atoms. The number of aryl methyl sites for hydroxylation is 2. The molecule has 2 N–H and O–H groups in total. The summed E-state index contributed by atoms with van der Waals surface area (Å²) >= 11 is 0. The summed E-state index contributed by atoms with van der Waals surface area (Å²) in [5, 5.41) is 9.35. The smallest absolute Gasteiger partial charge is 0.261 e. The molecular weight excluding hydrogens is 288 g/mol. The van der Waals surface area contributed by atoms with E-state index >= 15 is 0 Å². The van der Waals surface area contributed by atoms with Gasteiger partial charge >= 0.3 is 0 Å². The van der Waals surface area contributed by atoms with E-state index in [4.69, 9.17) is 0 Å². The average Bonchev–Trinajstić information content (AvgIpc) is 2.48. The summed E-state index contributed by atoms with van der Waals surface area (Å²) in [6.45, 7) is 3.51. The first-order chi connectivity index (χ1) is 9.97. The van der Waals surface area contributed by atoms with Crippen LogP contribution in [0.15, 0.2) is 41.4 Å². The summed E-state index contributed by atoms with van der Waals surface area (Å²) in [6.07, 6.45) is 2.35. The van der Waals surface area contributed by atoms with Gasteiger partial charge in [0, 0.05) is 6.20 Å². The molecule has 0 aliphatic heterocycles. The molecule has 0 amide bonds. The maximum Gasteiger partial charge on any atom is 0.261 e. The van der Waals surface area contributed by atoms with Crippen molar-refractivity contribution >= 4 is 15.7 Å². The van der Waals surface area contributed by atoms with E-state index in [9.17, 15) is 13.5 Å². The quantitative estimate of drug-likeness (QED) is 0.888. The van der Waals surface area contributed by atoms with Gasteiger partial charge < -0.3 is 5.11 Å². The molecule has 5 nitrogen and oxygen atoms in total. The van der Waals surface area contributed by atoms with Crippen molar-refractivity contribution in [3.05, 3.63) is 53.3 Å². The van der Waals surface area contributed by atoms with Crippen molar-refractivity contribution in [3.8, 4) is 0 Å². The lowest BCUT2D eigenvalue weighted by molar-refractivity contribution is 0.280. The molecule has 0 fully saturated rings. The number of nitrogens with zero attached hydrogens (tertiary/aromatic N) is 1. The zero-order valence-corrected chi connectivity index (χ0v) is 12.8. The molecule has 0 radical (unpaired) electrons. The molecule has 0 saturated heterocycles. The predicted octanol–water partition coefficient (Wildman–Crippen LogP) is 2.25. The predicted molar refractivity (Wildman–Crippen MR) is 81.5 cm³/mol. The Balaban J connectivity index is 2.38. The molecule has 0 aliphatic rings. The summed E-state index contributed by atoms with van der Waals surface area (Å²) in [5.74, 6) is 0. The normalized spacial score (nSPS) is 11.4. The molecule has 6 heteroatoms. The highest BCUT2D eigenvalue weighted by Gasteiger charge is 2.17. The van der Waals surface area contributed by atoms with Crippen LogP contribution in [0.2, 0.25) is 0 Å². The molecule has 0 aliphatic carbocycles. The first kappa shape index (κ1) is 15.5. The Morgan fingerprint density at radius 3 is 2.62 bits per heavy atom. The van der Waals surface area contributed by atoms with Gasteiger partial charge in [-0.1, -0.05) is 13.0 Å². The maximum atomic E-state index is 12.4. The van der Waals surface area contributed by atoms with Gasteiger partial charge in [-0.25, -0.2) is 8.42 Å². The summed E-state index contributed by atoms with van der Waals surface area (Å²) in [4.78, 5) is 4.18. The molecule has 0 atom stereocenters. The maximum absolute atomic E-state index is 12.4. The van der Waals surface area contributed by atoms with Crippen molar-refractivity contribution in [1.82, 2.24) is 4.98 Å². The number of benzene rings is 1. The SMILES string of the molecule is CCc1ccc(S(=O)(=O)Nc2cccnc2C)cc1CO. The van der Waals surface area contributed by atoms with Crippen LogP contribution in [0.3, 0.4) is 0 Å². The third-order valence-electron chi connectivity index (χ3n) is 3.29. The Labute approximate surface area is 124 Å². The molecular formula is C15H18N2O3S. The Morgan fingerprint density at radius 2 is 2.00 bits per heavy atom. The number of hydrogen-bond donors (Lipinski definition) is 2. The molecule has 1 aromatic carbocycles. The standard InChI is InChI=1S/C15H18N2O3S/c1-3-12-6-7-14(9-13(12)10-18)21(19,20)17-15-5-4-8-16-11(15)2/h4-9,17-18H,3,10H2,1-2H3. The van der Waals surface area contributed by atoms with Gasteiger partial charge in [0.2, 0.25) is 0 Å². The number of aromatic nitrogens is 1. The lowest BCUT2D eigenvalue weighted by Crippen LogP contribution is -2.14. The fraction of sp³-hybridized carbons (Fsp3) is 0.267. The zero-order chi connectivity index (χ0) is 15.5. The fourth-order valence-electron chi connectivity index (χ4n) is 2.06. The van der Waals surface area contributed by atoms with Gasteiger partial charge in [-0.2, -0.15) is 0 Å². The molecule has 1 aromatic heterocycles. The van der Waals surface area contributed by atoms with E-state index in [1.165, 1.54) is 6.07 Å². The van der Waals surface area contributed by atoms with Crippen LogP contribution in [0.5, 0.6) is 0 Å². The topological polar surface area (TPSA) is 79.3 Å². The minimum absolute atomic E-state index is 0.131. The number of anilines is 1. The monoisotopic (exact) mass is 306 g/mol. The molecule has 0 saturated carbocycles. The molecule has 2 rings (SSSR count). The van der Waals surface area contributed by atoms with Crippen LogP contribution >= 0.6 is 0 Å². The average molecular weight is 306 g/mol. The number of pyridine rings is 1. The number of aliphatic hydroxyl groups excluding tert-OH is 1.